The molecule has 0 aliphatic carbocycles. The van der Waals surface area contributed by atoms with E-state index in [2.05, 4.69) is 23.9 Å². The van der Waals surface area contributed by atoms with E-state index in [0.29, 0.717) is 40.0 Å². The fraction of sp³-hybridized carbons (Fsp3) is 0.370. The first-order valence-electron chi connectivity index (χ1n) is 12.1. The van der Waals surface area contributed by atoms with Crippen LogP contribution in [0.15, 0.2) is 47.3 Å². The Morgan fingerprint density at radius 3 is 2.43 bits per heavy atom. The molecule has 2 aromatic heterocycles. The molecule has 0 fully saturated rings. The number of nitrogens with zero attached hydrogens (tertiary/aromatic N) is 3. The van der Waals surface area contributed by atoms with Crippen LogP contribution in [0, 0.1) is 0 Å². The predicted molar refractivity (Wildman–Crippen MR) is 140 cm³/mol. The topological polar surface area (TPSA) is 75.0 Å². The molecule has 2 aromatic carbocycles. The van der Waals surface area contributed by atoms with Crippen molar-refractivity contribution in [2.45, 2.75) is 46.0 Å². The molecule has 0 bridgehead atoms. The molecule has 0 radical (unpaired) electrons. The van der Waals surface area contributed by atoms with E-state index in [0.717, 1.165) is 49.0 Å². The summed E-state index contributed by atoms with van der Waals surface area (Å²) in [4.78, 5) is 18.1. The number of methoxy groups -OCH3 is 1. The first-order valence-corrected chi connectivity index (χ1v) is 12.9. The van der Waals surface area contributed by atoms with Gasteiger partial charge in [-0.05, 0) is 60.9 Å². The monoisotopic (exact) mass is 493 g/mol. The summed E-state index contributed by atoms with van der Waals surface area (Å²) < 4.78 is 19.0. The lowest BCUT2D eigenvalue weighted by atomic mass is 10.2. The third kappa shape index (κ3) is 6.00. The molecule has 0 saturated heterocycles. The third-order valence-corrected chi connectivity index (χ3v) is 6.51. The largest absolute Gasteiger partial charge is 0.494 e. The second-order valence-corrected chi connectivity index (χ2v) is 9.25. The summed E-state index contributed by atoms with van der Waals surface area (Å²) in [5.41, 5.74) is 1.50. The van der Waals surface area contributed by atoms with Crippen LogP contribution in [0.25, 0.3) is 22.4 Å². The van der Waals surface area contributed by atoms with Gasteiger partial charge in [-0.3, -0.25) is 4.79 Å². The van der Waals surface area contributed by atoms with Crippen LogP contribution in [-0.2, 0) is 0 Å². The number of rotatable bonds is 12. The van der Waals surface area contributed by atoms with Gasteiger partial charge in [0, 0.05) is 5.56 Å². The Bertz CT molecular complexity index is 1360. The van der Waals surface area contributed by atoms with Gasteiger partial charge in [0.2, 0.25) is 4.96 Å². The molecule has 0 amide bonds. The Hall–Kier alpha value is -3.39. The van der Waals surface area contributed by atoms with Gasteiger partial charge in [-0.15, -0.1) is 5.10 Å². The summed E-state index contributed by atoms with van der Waals surface area (Å²) in [6.45, 7) is 5.65. The van der Waals surface area contributed by atoms with Crippen molar-refractivity contribution in [1.82, 2.24) is 14.6 Å². The van der Waals surface area contributed by atoms with Crippen molar-refractivity contribution in [2.75, 3.05) is 20.3 Å². The minimum absolute atomic E-state index is 0.192. The quantitative estimate of drug-likeness (QED) is 0.255. The molecule has 8 heteroatoms. The Balaban J connectivity index is 1.53. The lowest BCUT2D eigenvalue weighted by Crippen LogP contribution is -2.23. The Morgan fingerprint density at radius 1 is 0.943 bits per heavy atom. The second-order valence-electron chi connectivity index (χ2n) is 8.24. The van der Waals surface area contributed by atoms with E-state index in [9.17, 15) is 4.79 Å². The van der Waals surface area contributed by atoms with Gasteiger partial charge in [0.05, 0.1) is 24.9 Å². The van der Waals surface area contributed by atoms with E-state index >= 15 is 0 Å². The highest BCUT2D eigenvalue weighted by molar-refractivity contribution is 7.15. The maximum Gasteiger partial charge on any atom is 0.291 e. The van der Waals surface area contributed by atoms with Crippen LogP contribution in [0.1, 0.15) is 51.5 Å². The first-order chi connectivity index (χ1) is 17.1. The molecule has 184 valence electrons. The molecule has 4 rings (SSSR count). The molecule has 4 aromatic rings. The van der Waals surface area contributed by atoms with Crippen LogP contribution in [0.2, 0.25) is 0 Å². The van der Waals surface area contributed by atoms with E-state index in [-0.39, 0.29) is 5.56 Å². The van der Waals surface area contributed by atoms with Gasteiger partial charge in [-0.25, -0.2) is 0 Å². The van der Waals surface area contributed by atoms with Crippen molar-refractivity contribution in [3.8, 4) is 28.6 Å². The molecule has 0 saturated carbocycles. The van der Waals surface area contributed by atoms with Crippen LogP contribution in [0.5, 0.6) is 17.2 Å². The van der Waals surface area contributed by atoms with Gasteiger partial charge < -0.3 is 14.2 Å². The summed E-state index contributed by atoms with van der Waals surface area (Å²) >= 11 is 1.31. The number of aromatic nitrogens is 3. The Morgan fingerprint density at radius 2 is 1.71 bits per heavy atom. The van der Waals surface area contributed by atoms with Crippen molar-refractivity contribution in [1.29, 1.82) is 0 Å². The molecule has 7 nitrogen and oxygen atoms in total. The third-order valence-electron chi connectivity index (χ3n) is 5.55. The Kier molecular flexibility index (Phi) is 8.36. The van der Waals surface area contributed by atoms with Crippen molar-refractivity contribution in [3.63, 3.8) is 0 Å². The number of fused-ring (bicyclic) bond motifs is 1. The minimum atomic E-state index is -0.192. The van der Waals surface area contributed by atoms with Gasteiger partial charge in [-0.2, -0.15) is 9.50 Å². The smallest absolute Gasteiger partial charge is 0.291 e. The van der Waals surface area contributed by atoms with E-state index in [1.165, 1.54) is 15.9 Å². The van der Waals surface area contributed by atoms with Crippen molar-refractivity contribution < 1.29 is 14.2 Å². The average molecular weight is 494 g/mol. The molecule has 2 heterocycles. The van der Waals surface area contributed by atoms with Gasteiger partial charge in [0.25, 0.3) is 5.56 Å². The highest BCUT2D eigenvalue weighted by Crippen LogP contribution is 2.28. The minimum Gasteiger partial charge on any atom is -0.494 e. The molecule has 0 aliphatic rings. The van der Waals surface area contributed by atoms with E-state index in [1.807, 2.05) is 48.5 Å². The van der Waals surface area contributed by atoms with Crippen molar-refractivity contribution >= 4 is 22.4 Å². The molecule has 0 unspecified atom stereocenters. The lowest BCUT2D eigenvalue weighted by Gasteiger charge is -2.11. The zero-order chi connectivity index (χ0) is 24.6. The number of ether oxygens (including phenoxy) is 3. The van der Waals surface area contributed by atoms with Gasteiger partial charge in [-0.1, -0.05) is 50.5 Å². The SMILES string of the molecule is CCCCCOc1ccc(/C=c2\sc3nc(-c4ccc(OCCCC)cc4)nn3c2=O)cc1OC. The lowest BCUT2D eigenvalue weighted by molar-refractivity contribution is 0.286. The number of hydrogen-bond donors (Lipinski definition) is 0. The molecule has 35 heavy (non-hydrogen) atoms. The van der Waals surface area contributed by atoms with Crippen LogP contribution in [0.4, 0.5) is 0 Å². The molecule has 0 atom stereocenters. The maximum absolute atomic E-state index is 13.0. The first kappa shape index (κ1) is 24.7. The molecule has 0 spiro atoms. The van der Waals surface area contributed by atoms with Crippen LogP contribution in [0.3, 0.4) is 0 Å². The highest BCUT2D eigenvalue weighted by Gasteiger charge is 2.13. The molecule has 0 aliphatic heterocycles. The van der Waals surface area contributed by atoms with Gasteiger partial charge >= 0.3 is 0 Å². The van der Waals surface area contributed by atoms with E-state index < -0.39 is 0 Å². The van der Waals surface area contributed by atoms with Gasteiger partial charge in [0.1, 0.15) is 5.75 Å². The fourth-order valence-corrected chi connectivity index (χ4v) is 4.48. The normalized spacial score (nSPS) is 11.8. The predicted octanol–water partition coefficient (Wildman–Crippen LogP) is 5.12. The summed E-state index contributed by atoms with van der Waals surface area (Å²) in [7, 11) is 1.62. The zero-order valence-electron chi connectivity index (χ0n) is 20.5. The fourth-order valence-electron chi connectivity index (χ4n) is 3.57. The van der Waals surface area contributed by atoms with E-state index in [4.69, 9.17) is 14.2 Å². The van der Waals surface area contributed by atoms with Gasteiger partial charge in [0.15, 0.2) is 17.3 Å². The maximum atomic E-state index is 13.0. The molecular weight excluding hydrogens is 462 g/mol. The average Bonchev–Trinajstić information content (AvgIpc) is 3.42. The number of hydrogen-bond acceptors (Lipinski definition) is 7. The van der Waals surface area contributed by atoms with Crippen LogP contribution >= 0.6 is 11.3 Å². The standard InChI is InChI=1S/C27H31N3O4S/c1-4-6-8-16-34-22-14-9-19(17-23(22)32-3)18-24-26(31)30-27(35-24)28-25(29-30)20-10-12-21(13-11-20)33-15-7-5-2/h9-14,17-18H,4-8,15-16H2,1-3H3/b24-18-. The number of thiazole rings is 1. The van der Waals surface area contributed by atoms with E-state index in [1.54, 1.807) is 7.11 Å². The molecule has 0 N–H and O–H groups in total. The zero-order valence-corrected chi connectivity index (χ0v) is 21.3. The highest BCUT2D eigenvalue weighted by atomic mass is 32.1. The summed E-state index contributed by atoms with van der Waals surface area (Å²) in [6.07, 6.45) is 7.23. The van der Waals surface area contributed by atoms with Crippen LogP contribution < -0.4 is 24.3 Å². The Labute approximate surface area is 209 Å². The van der Waals surface area contributed by atoms with Crippen molar-refractivity contribution in [2.24, 2.45) is 0 Å². The summed E-state index contributed by atoms with van der Waals surface area (Å²) in [5, 5.41) is 4.44. The second kappa shape index (κ2) is 11.8. The van der Waals surface area contributed by atoms with Crippen LogP contribution in [-0.4, -0.2) is 34.9 Å². The summed E-state index contributed by atoms with van der Waals surface area (Å²) in [5.74, 6) is 2.69. The molecular formula is C27H31N3O4S. The number of benzene rings is 2. The van der Waals surface area contributed by atoms with Crippen molar-refractivity contribution in [3.05, 3.63) is 62.9 Å². The number of unbranched alkanes of at least 4 members (excludes halogenated alkanes) is 3. The summed E-state index contributed by atoms with van der Waals surface area (Å²) in [6, 6.07) is 13.3.